The van der Waals surface area contributed by atoms with E-state index in [2.05, 4.69) is 11.6 Å². The lowest BCUT2D eigenvalue weighted by atomic mass is 9.45. The third-order valence-corrected chi connectivity index (χ3v) is 5.53. The van der Waals surface area contributed by atoms with E-state index >= 15 is 0 Å². The number of alkyl halides is 13. The van der Waals surface area contributed by atoms with Gasteiger partial charge in [0.05, 0.1) is 0 Å². The zero-order valence-corrected chi connectivity index (χ0v) is 10.9. The maximum Gasteiger partial charge on any atom is 0.293 e. The lowest BCUT2D eigenvalue weighted by molar-refractivity contribution is -0.511. The van der Waals surface area contributed by atoms with Crippen LogP contribution in [0.1, 0.15) is 0 Å². The van der Waals surface area contributed by atoms with E-state index < -0.39 is 58.2 Å². The molecule has 0 saturated heterocycles. The summed E-state index contributed by atoms with van der Waals surface area (Å²) < 4.78 is 165. The van der Waals surface area contributed by atoms with Crippen molar-refractivity contribution in [2.75, 3.05) is 0 Å². The highest BCUT2D eigenvalue weighted by Crippen LogP contribution is 2.83. The molecule has 0 unspecified atom stereocenters. The summed E-state index contributed by atoms with van der Waals surface area (Å²) >= 11 is 4.54. The summed E-state index contributed by atoms with van der Waals surface area (Å²) in [6.07, 6.45) is 0. The van der Waals surface area contributed by atoms with E-state index in [-0.39, 0.29) is 0 Å². The number of rotatable bonds is 0. The van der Waals surface area contributed by atoms with E-state index in [4.69, 9.17) is 0 Å². The SMILES string of the molecule is FC1(F)C2C(F)(F)C3C(F)(F)C1C(F)(F)C(Cl)(C2(F)F)C3(F)F. The van der Waals surface area contributed by atoms with Gasteiger partial charge in [-0.1, -0.05) is 11.6 Å². The van der Waals surface area contributed by atoms with Crippen LogP contribution < -0.4 is 0 Å². The van der Waals surface area contributed by atoms with Crippen molar-refractivity contribution in [3.8, 4) is 0 Å². The fourth-order valence-corrected chi connectivity index (χ4v) is 4.31. The normalized spacial score (nSPS) is 49.2. The lowest BCUT2D eigenvalue weighted by Gasteiger charge is -2.69. The molecule has 0 aromatic heterocycles. The Kier molecular flexibility index (Phi) is 2.65. The zero-order valence-electron chi connectivity index (χ0n) is 10.1. The van der Waals surface area contributed by atoms with Crippen molar-refractivity contribution >= 4 is 11.6 Å². The van der Waals surface area contributed by atoms with Gasteiger partial charge in [-0.15, -0.1) is 0 Å². The van der Waals surface area contributed by atoms with Crippen LogP contribution in [-0.4, -0.2) is 40.4 Å². The van der Waals surface area contributed by atoms with Gasteiger partial charge >= 0.3 is 0 Å². The third-order valence-electron chi connectivity index (χ3n) is 4.77. The summed E-state index contributed by atoms with van der Waals surface area (Å²) in [5.74, 6) is -51.2. The van der Waals surface area contributed by atoms with Crippen LogP contribution in [0.4, 0.5) is 52.7 Å². The second-order valence-electron chi connectivity index (χ2n) is 5.85. The molecule has 0 spiro atoms. The summed E-state index contributed by atoms with van der Waals surface area (Å²) in [7, 11) is 0. The van der Waals surface area contributed by atoms with E-state index in [0.29, 0.717) is 0 Å². The van der Waals surface area contributed by atoms with Gasteiger partial charge in [0, 0.05) is 0 Å². The van der Waals surface area contributed by atoms with Gasteiger partial charge in [-0.05, 0) is 0 Å². The largest absolute Gasteiger partial charge is 0.293 e. The summed E-state index contributed by atoms with van der Waals surface area (Å²) in [6.45, 7) is 0. The Bertz CT molecular complexity index is 484. The van der Waals surface area contributed by atoms with Crippen molar-refractivity contribution < 1.29 is 52.7 Å². The topological polar surface area (TPSA) is 0 Å². The molecule has 4 saturated carbocycles. The zero-order chi connectivity index (χ0) is 18.2. The molecule has 4 aliphatic rings. The van der Waals surface area contributed by atoms with E-state index in [1.165, 1.54) is 0 Å². The highest BCUT2D eigenvalue weighted by molar-refractivity contribution is 6.26. The first-order valence-corrected chi connectivity index (χ1v) is 6.18. The minimum absolute atomic E-state index is 4.54. The van der Waals surface area contributed by atoms with Crippen LogP contribution in [0.25, 0.3) is 0 Å². The second kappa shape index (κ2) is 3.52. The average Bonchev–Trinajstić information content (AvgIpc) is 2.17. The molecule has 0 aromatic rings. The highest BCUT2D eigenvalue weighted by Gasteiger charge is 3.07. The molecule has 0 radical (unpaired) electrons. The van der Waals surface area contributed by atoms with Gasteiger partial charge in [0.1, 0.15) is 0 Å². The van der Waals surface area contributed by atoms with Crippen molar-refractivity contribution in [3.05, 3.63) is 0 Å². The van der Waals surface area contributed by atoms with Gasteiger partial charge in [0.25, 0.3) is 35.5 Å². The van der Waals surface area contributed by atoms with Crippen LogP contribution in [0.15, 0.2) is 0 Å². The van der Waals surface area contributed by atoms with Crippen LogP contribution >= 0.6 is 11.6 Å². The standard InChI is InChI=1S/C10H3ClF12/c11-10-7(18,19)1-4(12,13)2(8(10,20)21)6(16,17)3(5(1,14)15)9(10,22)23/h1-3H. The molecule has 4 aliphatic carbocycles. The summed E-state index contributed by atoms with van der Waals surface area (Å²) in [5.41, 5.74) is 0. The predicted molar refractivity (Wildman–Crippen MR) is 48.7 cm³/mol. The van der Waals surface area contributed by atoms with Crippen molar-refractivity contribution in [3.63, 3.8) is 0 Å². The quantitative estimate of drug-likeness (QED) is 0.419. The molecular formula is C10H3ClF12. The number of halogens is 13. The van der Waals surface area contributed by atoms with Gasteiger partial charge in [0.2, 0.25) is 4.87 Å². The fourth-order valence-electron chi connectivity index (χ4n) is 3.98. The Balaban J connectivity index is 2.49. The van der Waals surface area contributed by atoms with E-state index in [1.54, 1.807) is 0 Å². The van der Waals surface area contributed by atoms with E-state index in [1.807, 2.05) is 0 Å². The average molecular weight is 387 g/mol. The smallest absolute Gasteiger partial charge is 0.205 e. The van der Waals surface area contributed by atoms with Crippen LogP contribution in [-0.2, 0) is 0 Å². The molecule has 23 heavy (non-hydrogen) atoms. The summed E-state index contributed by atoms with van der Waals surface area (Å²) in [4.78, 5) is -5.61. The van der Waals surface area contributed by atoms with Gasteiger partial charge in [-0.25, -0.2) is 52.7 Å². The summed E-state index contributed by atoms with van der Waals surface area (Å²) in [6, 6.07) is 0. The minimum Gasteiger partial charge on any atom is -0.205 e. The molecule has 0 nitrogen and oxygen atoms in total. The lowest BCUT2D eigenvalue weighted by Crippen LogP contribution is -2.94. The maximum atomic E-state index is 13.8. The highest BCUT2D eigenvalue weighted by atomic mass is 35.5. The van der Waals surface area contributed by atoms with Gasteiger partial charge in [-0.3, -0.25) is 0 Å². The van der Waals surface area contributed by atoms with Crippen LogP contribution in [0.5, 0.6) is 0 Å². The first kappa shape index (κ1) is 17.3. The molecule has 0 aliphatic heterocycles. The first-order valence-electron chi connectivity index (χ1n) is 5.80. The van der Waals surface area contributed by atoms with E-state index in [0.717, 1.165) is 0 Å². The van der Waals surface area contributed by atoms with Crippen molar-refractivity contribution in [1.29, 1.82) is 0 Å². The molecule has 0 amide bonds. The molecule has 0 aromatic carbocycles. The van der Waals surface area contributed by atoms with Crippen molar-refractivity contribution in [1.82, 2.24) is 0 Å². The fraction of sp³-hybridized carbons (Fsp3) is 1.00. The Morgan fingerprint density at radius 2 is 0.609 bits per heavy atom. The van der Waals surface area contributed by atoms with E-state index in [9.17, 15) is 52.7 Å². The monoisotopic (exact) mass is 386 g/mol. The predicted octanol–water partition coefficient (Wildman–Crippen LogP) is 4.67. The molecule has 4 bridgehead atoms. The van der Waals surface area contributed by atoms with Crippen molar-refractivity contribution in [2.24, 2.45) is 17.8 Å². The Hall–Kier alpha value is -0.550. The first-order chi connectivity index (χ1) is 9.85. The molecular weight excluding hydrogens is 384 g/mol. The molecule has 134 valence electrons. The number of hydrogen-bond acceptors (Lipinski definition) is 0. The molecule has 13 heteroatoms. The minimum atomic E-state index is -6.22. The number of hydrogen-bond donors (Lipinski definition) is 0. The van der Waals surface area contributed by atoms with Crippen molar-refractivity contribution in [2.45, 2.75) is 40.4 Å². The van der Waals surface area contributed by atoms with Gasteiger partial charge < -0.3 is 0 Å². The maximum absolute atomic E-state index is 13.8. The summed E-state index contributed by atoms with van der Waals surface area (Å²) in [5, 5.41) is 0. The van der Waals surface area contributed by atoms with Crippen LogP contribution in [0.3, 0.4) is 0 Å². The van der Waals surface area contributed by atoms with Crippen LogP contribution in [0, 0.1) is 17.8 Å². The van der Waals surface area contributed by atoms with Crippen LogP contribution in [0.2, 0.25) is 0 Å². The molecule has 0 N–H and O–H groups in total. The molecule has 4 fully saturated rings. The molecule has 0 heterocycles. The molecule has 4 rings (SSSR count). The Labute approximate surface area is 123 Å². The Morgan fingerprint density at radius 3 is 0.783 bits per heavy atom. The Morgan fingerprint density at radius 1 is 0.435 bits per heavy atom. The third kappa shape index (κ3) is 1.25. The second-order valence-corrected chi connectivity index (χ2v) is 6.42. The van der Waals surface area contributed by atoms with Gasteiger partial charge in [0.15, 0.2) is 17.8 Å². The van der Waals surface area contributed by atoms with Gasteiger partial charge in [-0.2, -0.15) is 0 Å². The molecule has 0 atom stereocenters.